The maximum absolute atomic E-state index is 13.8. The second kappa shape index (κ2) is 9.58. The first-order chi connectivity index (χ1) is 16.1. The first kappa shape index (κ1) is 24.5. The van der Waals surface area contributed by atoms with Crippen molar-refractivity contribution in [3.63, 3.8) is 0 Å². The lowest BCUT2D eigenvalue weighted by atomic mass is 9.82. The van der Waals surface area contributed by atoms with Gasteiger partial charge in [0.25, 0.3) is 0 Å². The molecule has 0 bridgehead atoms. The molecule has 4 rings (SSSR count). The summed E-state index contributed by atoms with van der Waals surface area (Å²) in [5, 5.41) is 9.05. The average molecular weight is 489 g/mol. The molecule has 2 aliphatic carbocycles. The molecule has 9 heteroatoms. The number of aliphatic carboxylic acids is 1. The summed E-state index contributed by atoms with van der Waals surface area (Å²) in [6.45, 7) is 2.31. The Hall–Kier alpha value is -2.59. The van der Waals surface area contributed by atoms with Crippen LogP contribution in [0.4, 0.5) is 4.39 Å². The fourth-order valence-electron chi connectivity index (χ4n) is 4.39. The van der Waals surface area contributed by atoms with Crippen molar-refractivity contribution in [3.8, 4) is 0 Å². The molecule has 1 saturated heterocycles. The van der Waals surface area contributed by atoms with E-state index >= 15 is 0 Å². The molecule has 3 atom stereocenters. The Morgan fingerprint density at radius 2 is 2.09 bits per heavy atom. The summed E-state index contributed by atoms with van der Waals surface area (Å²) in [7, 11) is -3.84. The topological polar surface area (TPSA) is 110 Å². The average Bonchev–Trinajstić information content (AvgIpc) is 2.76. The number of rotatable bonds is 8. The van der Waals surface area contributed by atoms with Crippen molar-refractivity contribution < 1.29 is 27.4 Å². The van der Waals surface area contributed by atoms with Gasteiger partial charge in [-0.2, -0.15) is 4.31 Å². The summed E-state index contributed by atoms with van der Waals surface area (Å²) in [6.07, 6.45) is 11.5. The number of nitrogens with zero attached hydrogens (tertiary/aromatic N) is 1. The summed E-state index contributed by atoms with van der Waals surface area (Å²) < 4.78 is 48.2. The number of carbonyl (C=O) groups is 1. The van der Waals surface area contributed by atoms with Crippen LogP contribution in [-0.4, -0.2) is 54.6 Å². The van der Waals surface area contributed by atoms with Gasteiger partial charge in [-0.1, -0.05) is 43.4 Å². The Kier molecular flexibility index (Phi) is 6.91. The van der Waals surface area contributed by atoms with E-state index in [1.54, 1.807) is 18.2 Å². The zero-order chi connectivity index (χ0) is 24.5. The zero-order valence-corrected chi connectivity index (χ0v) is 19.7. The molecule has 3 N–H and O–H groups in total. The number of halogens is 1. The van der Waals surface area contributed by atoms with E-state index in [9.17, 15) is 17.6 Å². The molecule has 3 aliphatic rings. The maximum Gasteiger partial charge on any atom is 0.320 e. The second-order valence-corrected chi connectivity index (χ2v) is 11.1. The molecule has 0 saturated carbocycles. The highest BCUT2D eigenvalue weighted by Crippen LogP contribution is 2.41. The summed E-state index contributed by atoms with van der Waals surface area (Å²) in [5.74, 6) is -1.13. The minimum absolute atomic E-state index is 0.0225. The molecule has 1 aromatic rings. The van der Waals surface area contributed by atoms with Crippen molar-refractivity contribution in [3.05, 3.63) is 77.7 Å². The molecular weight excluding hydrogens is 459 g/mol. The molecule has 1 aliphatic heterocycles. The largest absolute Gasteiger partial charge is 0.480 e. The minimum atomic E-state index is -3.84. The van der Waals surface area contributed by atoms with Gasteiger partial charge >= 0.3 is 5.97 Å². The Morgan fingerprint density at radius 3 is 2.74 bits per heavy atom. The van der Waals surface area contributed by atoms with Crippen LogP contribution in [0.5, 0.6) is 0 Å². The third kappa shape index (κ3) is 5.07. The van der Waals surface area contributed by atoms with E-state index in [0.717, 1.165) is 12.0 Å². The maximum atomic E-state index is 13.8. The van der Waals surface area contributed by atoms with Crippen LogP contribution in [0.1, 0.15) is 25.3 Å². The lowest BCUT2D eigenvalue weighted by molar-refractivity contribution is -0.138. The van der Waals surface area contributed by atoms with Gasteiger partial charge in [0, 0.05) is 13.1 Å². The van der Waals surface area contributed by atoms with Crippen molar-refractivity contribution >= 4 is 16.0 Å². The highest BCUT2D eigenvalue weighted by atomic mass is 32.2. The molecular formula is C25H29FN2O5S. The number of ether oxygens (including phenoxy) is 1. The van der Waals surface area contributed by atoms with Crippen molar-refractivity contribution in [2.75, 3.05) is 13.1 Å². The predicted octanol–water partition coefficient (Wildman–Crippen LogP) is 3.11. The van der Waals surface area contributed by atoms with Gasteiger partial charge in [-0.3, -0.25) is 4.79 Å². The van der Waals surface area contributed by atoms with Gasteiger partial charge in [-0.25, -0.2) is 12.8 Å². The van der Waals surface area contributed by atoms with Crippen LogP contribution in [0.25, 0.3) is 0 Å². The number of allylic oxidation sites excluding steroid dienone is 4. The number of hydrogen-bond donors (Lipinski definition) is 2. The number of nitrogens with two attached hydrogens (primary N) is 1. The fourth-order valence-corrected chi connectivity index (χ4v) is 6.00. The summed E-state index contributed by atoms with van der Waals surface area (Å²) in [6, 6.07) is 5.06. The monoisotopic (exact) mass is 488 g/mol. The van der Waals surface area contributed by atoms with Crippen molar-refractivity contribution in [1.82, 2.24) is 4.31 Å². The normalized spacial score (nSPS) is 25.3. The summed E-state index contributed by atoms with van der Waals surface area (Å²) in [5.41, 5.74) is 6.18. The molecule has 182 valence electrons. The number of carboxylic acid groups (broad SMARTS) is 1. The molecule has 7 nitrogen and oxygen atoms in total. The van der Waals surface area contributed by atoms with Gasteiger partial charge in [-0.05, 0) is 60.6 Å². The first-order valence-electron chi connectivity index (χ1n) is 11.3. The molecule has 0 aromatic heterocycles. The Morgan fingerprint density at radius 1 is 1.32 bits per heavy atom. The Bertz CT molecular complexity index is 1180. The molecule has 2 unspecified atom stereocenters. The molecule has 1 fully saturated rings. The van der Waals surface area contributed by atoms with Gasteiger partial charge in [0.1, 0.15) is 17.5 Å². The van der Waals surface area contributed by atoms with E-state index in [2.05, 4.69) is 19.1 Å². The predicted molar refractivity (Wildman–Crippen MR) is 126 cm³/mol. The number of sulfonamides is 1. The molecule has 0 spiro atoms. The van der Waals surface area contributed by atoms with E-state index < -0.39 is 33.7 Å². The van der Waals surface area contributed by atoms with E-state index in [-0.39, 0.29) is 30.2 Å². The number of carboxylic acids is 1. The molecule has 0 amide bonds. The van der Waals surface area contributed by atoms with Crippen molar-refractivity contribution in [2.24, 2.45) is 11.7 Å². The van der Waals surface area contributed by atoms with E-state index in [0.29, 0.717) is 17.9 Å². The second-order valence-electron chi connectivity index (χ2n) is 9.14. The van der Waals surface area contributed by atoms with Crippen LogP contribution >= 0.6 is 0 Å². The van der Waals surface area contributed by atoms with Crippen molar-refractivity contribution in [2.45, 2.75) is 48.8 Å². The van der Waals surface area contributed by atoms with Gasteiger partial charge in [0.2, 0.25) is 10.0 Å². The van der Waals surface area contributed by atoms with Crippen molar-refractivity contribution in [1.29, 1.82) is 0 Å². The molecule has 1 heterocycles. The third-order valence-corrected chi connectivity index (χ3v) is 8.17. The van der Waals surface area contributed by atoms with Crippen LogP contribution in [-0.2, 0) is 26.0 Å². The Balaban J connectivity index is 1.55. The van der Waals surface area contributed by atoms with Crippen LogP contribution in [0.15, 0.2) is 77.0 Å². The fraction of sp³-hybridized carbons (Fsp3) is 0.400. The highest BCUT2D eigenvalue weighted by molar-refractivity contribution is 7.89. The lowest BCUT2D eigenvalue weighted by Crippen LogP contribution is -2.66. The first-order valence-corrected chi connectivity index (χ1v) is 12.7. The lowest BCUT2D eigenvalue weighted by Gasteiger charge is -2.51. The van der Waals surface area contributed by atoms with E-state index in [1.165, 1.54) is 28.6 Å². The van der Waals surface area contributed by atoms with Gasteiger partial charge in [0.15, 0.2) is 0 Å². The van der Waals surface area contributed by atoms with E-state index in [1.807, 2.05) is 6.08 Å². The molecule has 0 radical (unpaired) electrons. The third-order valence-electron chi connectivity index (χ3n) is 6.38. The summed E-state index contributed by atoms with van der Waals surface area (Å²) in [4.78, 5) is 11.1. The summed E-state index contributed by atoms with van der Waals surface area (Å²) >= 11 is 0. The molecule has 34 heavy (non-hydrogen) atoms. The Labute approximate surface area is 199 Å². The van der Waals surface area contributed by atoms with Crippen LogP contribution in [0.3, 0.4) is 0 Å². The number of benzene rings is 1. The van der Waals surface area contributed by atoms with Gasteiger partial charge in [-0.15, -0.1) is 0 Å². The van der Waals surface area contributed by atoms with E-state index in [4.69, 9.17) is 15.6 Å². The quantitative estimate of drug-likeness (QED) is 0.582. The standard InChI is InChI=1S/C25H29FN2O5S/c1-17-8-10-19(11-9-17)25(33-21-6-3-5-20(26)14-21)15-28(16-25)34(31,32)22-7-2-4-18(12-22)13-23(27)24(29)30/h2-5,7-8,10-12,14,17,21,23H,6,9,13,15-16,27H2,1H3,(H,29,30)/t17?,21?,23-/m0/s1. The number of hydrogen-bond acceptors (Lipinski definition) is 5. The van der Waals surface area contributed by atoms with Crippen LogP contribution in [0, 0.1) is 5.92 Å². The minimum Gasteiger partial charge on any atom is -0.480 e. The molecule has 1 aromatic carbocycles. The van der Waals surface area contributed by atoms with Gasteiger partial charge in [0.05, 0.1) is 11.0 Å². The highest BCUT2D eigenvalue weighted by Gasteiger charge is 2.52. The SMILES string of the molecule is CC1C=CC(C2(OC3C=C(F)C=CC3)CN(S(=O)(=O)c3cccc(C[C@H](N)C(=O)O)c3)C2)=CC1. The van der Waals surface area contributed by atoms with Crippen LogP contribution < -0.4 is 5.73 Å². The zero-order valence-electron chi connectivity index (χ0n) is 18.9. The van der Waals surface area contributed by atoms with Crippen LogP contribution in [0.2, 0.25) is 0 Å². The van der Waals surface area contributed by atoms with Gasteiger partial charge < -0.3 is 15.6 Å². The smallest absolute Gasteiger partial charge is 0.320 e.